The average molecular weight is 381 g/mol. The number of amides is 1. The van der Waals surface area contributed by atoms with Crippen LogP contribution in [0.5, 0.6) is 0 Å². The minimum absolute atomic E-state index is 0.0507. The topological polar surface area (TPSA) is 66.5 Å². The second-order valence-corrected chi connectivity index (χ2v) is 10.3. The zero-order chi connectivity index (χ0) is 19.4. The van der Waals surface area contributed by atoms with Gasteiger partial charge in [0.25, 0.3) is 0 Å². The Morgan fingerprint density at radius 1 is 1.08 bits per heavy atom. The van der Waals surface area contributed by atoms with E-state index in [1.165, 1.54) is 16.1 Å². The first kappa shape index (κ1) is 20.9. The molecule has 1 aliphatic rings. The van der Waals surface area contributed by atoms with Gasteiger partial charge in [-0.15, -0.1) is 0 Å². The lowest BCUT2D eigenvalue weighted by Crippen LogP contribution is -2.44. The Hall–Kier alpha value is -1.40. The summed E-state index contributed by atoms with van der Waals surface area (Å²) in [6.07, 6.45) is 7.19. The van der Waals surface area contributed by atoms with Crippen LogP contribution in [0.1, 0.15) is 64.9 Å². The van der Waals surface area contributed by atoms with Crippen molar-refractivity contribution in [1.82, 2.24) is 4.31 Å². The number of benzene rings is 1. The van der Waals surface area contributed by atoms with Gasteiger partial charge in [0.15, 0.2) is 0 Å². The number of sulfonamides is 1. The number of anilines is 1. The molecular formula is C20H32N2O3S. The number of carbonyl (C=O) groups is 1. The van der Waals surface area contributed by atoms with Crippen LogP contribution in [0.3, 0.4) is 0 Å². The van der Waals surface area contributed by atoms with Crippen LogP contribution in [-0.2, 0) is 20.2 Å². The van der Waals surface area contributed by atoms with Crippen molar-refractivity contribution in [1.29, 1.82) is 0 Å². The SMILES string of the molecule is CC(C)(C)c1ccc(NC(=O)CN(C2CCCCCC2)S(C)(=O)=O)cc1. The van der Waals surface area contributed by atoms with Gasteiger partial charge in [0.2, 0.25) is 15.9 Å². The van der Waals surface area contributed by atoms with Gasteiger partial charge < -0.3 is 5.32 Å². The van der Waals surface area contributed by atoms with Crippen molar-refractivity contribution >= 4 is 21.6 Å². The molecule has 1 aromatic carbocycles. The number of carbonyl (C=O) groups excluding carboxylic acids is 1. The van der Waals surface area contributed by atoms with Crippen LogP contribution in [0.4, 0.5) is 5.69 Å². The first-order valence-electron chi connectivity index (χ1n) is 9.44. The molecule has 0 heterocycles. The Morgan fingerprint density at radius 3 is 2.08 bits per heavy atom. The Bertz CT molecular complexity index is 698. The lowest BCUT2D eigenvalue weighted by molar-refractivity contribution is -0.116. The molecule has 1 N–H and O–H groups in total. The molecule has 6 heteroatoms. The molecule has 1 saturated carbocycles. The summed E-state index contributed by atoms with van der Waals surface area (Å²) in [5.74, 6) is -0.289. The van der Waals surface area contributed by atoms with Crippen LogP contribution >= 0.6 is 0 Å². The Balaban J connectivity index is 2.05. The molecule has 26 heavy (non-hydrogen) atoms. The van der Waals surface area contributed by atoms with E-state index in [4.69, 9.17) is 0 Å². The molecule has 0 aliphatic heterocycles. The van der Waals surface area contributed by atoms with Crippen molar-refractivity contribution in [2.45, 2.75) is 70.8 Å². The first-order valence-corrected chi connectivity index (χ1v) is 11.3. The zero-order valence-corrected chi connectivity index (χ0v) is 17.2. The van der Waals surface area contributed by atoms with Gasteiger partial charge >= 0.3 is 0 Å². The highest BCUT2D eigenvalue weighted by atomic mass is 32.2. The summed E-state index contributed by atoms with van der Waals surface area (Å²) < 4.78 is 25.8. The average Bonchev–Trinajstić information content (AvgIpc) is 2.80. The third-order valence-corrected chi connectivity index (χ3v) is 6.27. The second-order valence-electron chi connectivity index (χ2n) is 8.33. The van der Waals surface area contributed by atoms with Crippen molar-refractivity contribution in [2.75, 3.05) is 18.1 Å². The Labute approximate surface area is 158 Å². The molecule has 146 valence electrons. The summed E-state index contributed by atoms with van der Waals surface area (Å²) in [6.45, 7) is 6.29. The van der Waals surface area contributed by atoms with Crippen LogP contribution < -0.4 is 5.32 Å². The Kier molecular flexibility index (Phi) is 6.86. The van der Waals surface area contributed by atoms with E-state index >= 15 is 0 Å². The summed E-state index contributed by atoms with van der Waals surface area (Å²) in [5.41, 5.74) is 1.93. The zero-order valence-electron chi connectivity index (χ0n) is 16.4. The van der Waals surface area contributed by atoms with E-state index in [-0.39, 0.29) is 23.9 Å². The molecule has 1 amide bonds. The molecule has 2 rings (SSSR count). The van der Waals surface area contributed by atoms with E-state index in [2.05, 4.69) is 26.1 Å². The van der Waals surface area contributed by atoms with E-state index in [1.807, 2.05) is 24.3 Å². The number of hydrogen-bond acceptors (Lipinski definition) is 3. The molecule has 0 bridgehead atoms. The van der Waals surface area contributed by atoms with Crippen molar-refractivity contribution in [3.8, 4) is 0 Å². The molecule has 0 saturated heterocycles. The molecule has 0 radical (unpaired) electrons. The molecule has 1 aliphatic carbocycles. The highest BCUT2D eigenvalue weighted by molar-refractivity contribution is 7.88. The molecule has 0 unspecified atom stereocenters. The highest BCUT2D eigenvalue weighted by Gasteiger charge is 2.29. The van der Waals surface area contributed by atoms with Crippen LogP contribution in [-0.4, -0.2) is 37.5 Å². The van der Waals surface area contributed by atoms with Gasteiger partial charge in [-0.3, -0.25) is 4.79 Å². The summed E-state index contributed by atoms with van der Waals surface area (Å²) in [7, 11) is -3.42. The van der Waals surface area contributed by atoms with Gasteiger partial charge in [-0.1, -0.05) is 58.6 Å². The van der Waals surface area contributed by atoms with Crippen LogP contribution in [0.15, 0.2) is 24.3 Å². The first-order chi connectivity index (χ1) is 12.1. The highest BCUT2D eigenvalue weighted by Crippen LogP contribution is 2.25. The number of nitrogens with zero attached hydrogens (tertiary/aromatic N) is 1. The summed E-state index contributed by atoms with van der Waals surface area (Å²) in [5, 5.41) is 2.83. The van der Waals surface area contributed by atoms with Gasteiger partial charge in [-0.2, -0.15) is 4.31 Å². The lowest BCUT2D eigenvalue weighted by atomic mass is 9.87. The third-order valence-electron chi connectivity index (χ3n) is 4.99. The molecule has 0 spiro atoms. The fraction of sp³-hybridized carbons (Fsp3) is 0.650. The molecule has 5 nitrogen and oxygen atoms in total. The standard InChI is InChI=1S/C20H32N2O3S/c1-20(2,3)16-11-13-17(14-12-16)21-19(23)15-22(26(4,24)25)18-9-7-5-6-8-10-18/h11-14,18H,5-10,15H2,1-4H3,(H,21,23). The van der Waals surface area contributed by atoms with Crippen molar-refractivity contribution in [3.05, 3.63) is 29.8 Å². The summed E-state index contributed by atoms with van der Waals surface area (Å²) >= 11 is 0. The molecule has 0 aromatic heterocycles. The molecule has 1 aromatic rings. The largest absolute Gasteiger partial charge is 0.325 e. The van der Waals surface area contributed by atoms with E-state index < -0.39 is 10.0 Å². The van der Waals surface area contributed by atoms with E-state index in [9.17, 15) is 13.2 Å². The minimum atomic E-state index is -3.42. The van der Waals surface area contributed by atoms with Crippen molar-refractivity contribution in [2.24, 2.45) is 0 Å². The maximum Gasteiger partial charge on any atom is 0.239 e. The van der Waals surface area contributed by atoms with Crippen molar-refractivity contribution in [3.63, 3.8) is 0 Å². The molecule has 0 atom stereocenters. The van der Waals surface area contributed by atoms with Crippen LogP contribution in [0.25, 0.3) is 0 Å². The number of nitrogens with one attached hydrogen (secondary N) is 1. The van der Waals surface area contributed by atoms with Crippen LogP contribution in [0.2, 0.25) is 0 Å². The predicted molar refractivity (Wildman–Crippen MR) is 107 cm³/mol. The van der Waals surface area contributed by atoms with Gasteiger partial charge in [0.1, 0.15) is 0 Å². The monoisotopic (exact) mass is 380 g/mol. The normalized spacial score (nSPS) is 17.1. The van der Waals surface area contributed by atoms with Gasteiger partial charge in [-0.25, -0.2) is 8.42 Å². The van der Waals surface area contributed by atoms with Gasteiger partial charge in [0.05, 0.1) is 12.8 Å². The fourth-order valence-electron chi connectivity index (χ4n) is 3.46. The van der Waals surface area contributed by atoms with E-state index in [0.29, 0.717) is 5.69 Å². The maximum atomic E-state index is 12.5. The molecular weight excluding hydrogens is 348 g/mol. The Morgan fingerprint density at radius 2 is 1.62 bits per heavy atom. The maximum absolute atomic E-state index is 12.5. The number of hydrogen-bond donors (Lipinski definition) is 1. The van der Waals surface area contributed by atoms with Crippen LogP contribution in [0, 0.1) is 0 Å². The van der Waals surface area contributed by atoms with Gasteiger partial charge in [-0.05, 0) is 36.0 Å². The number of rotatable bonds is 5. The van der Waals surface area contributed by atoms with Crippen molar-refractivity contribution < 1.29 is 13.2 Å². The summed E-state index contributed by atoms with van der Waals surface area (Å²) in [6, 6.07) is 7.66. The van der Waals surface area contributed by atoms with Gasteiger partial charge in [0, 0.05) is 11.7 Å². The quantitative estimate of drug-likeness (QED) is 0.788. The minimum Gasteiger partial charge on any atom is -0.325 e. The smallest absolute Gasteiger partial charge is 0.239 e. The summed E-state index contributed by atoms with van der Waals surface area (Å²) in [4.78, 5) is 12.5. The predicted octanol–water partition coefficient (Wildman–Crippen LogP) is 3.91. The lowest BCUT2D eigenvalue weighted by Gasteiger charge is -2.28. The van der Waals surface area contributed by atoms with E-state index in [1.54, 1.807) is 0 Å². The van der Waals surface area contributed by atoms with E-state index in [0.717, 1.165) is 38.5 Å². The fourth-order valence-corrected chi connectivity index (χ4v) is 4.56. The third kappa shape index (κ3) is 6.09. The second kappa shape index (κ2) is 8.53. The molecule has 1 fully saturated rings.